The molecule has 0 aromatic heterocycles. The minimum Gasteiger partial charge on any atom is -0.377 e. The van der Waals surface area contributed by atoms with Crippen molar-refractivity contribution in [1.29, 1.82) is 0 Å². The Morgan fingerprint density at radius 2 is 2.00 bits per heavy atom. The van der Waals surface area contributed by atoms with Crippen molar-refractivity contribution in [3.05, 3.63) is 83.2 Å². The van der Waals surface area contributed by atoms with E-state index in [9.17, 15) is 0 Å². The summed E-state index contributed by atoms with van der Waals surface area (Å²) in [5, 5.41) is 0. The molecule has 0 aromatic carbocycles. The molecule has 2 heteroatoms. The van der Waals surface area contributed by atoms with Crippen molar-refractivity contribution in [3.63, 3.8) is 0 Å². The van der Waals surface area contributed by atoms with Crippen molar-refractivity contribution in [2.45, 2.75) is 59.2 Å². The third kappa shape index (κ3) is 4.59. The Labute approximate surface area is 177 Å². The summed E-state index contributed by atoms with van der Waals surface area (Å²) in [7, 11) is 4.24. The molecule has 3 atom stereocenters. The van der Waals surface area contributed by atoms with Crippen LogP contribution in [0.3, 0.4) is 0 Å². The maximum Gasteiger partial charge on any atom is 0.0867 e. The summed E-state index contributed by atoms with van der Waals surface area (Å²) in [5.41, 5.74) is 5.44. The normalized spacial score (nSPS) is 27.0. The predicted octanol–water partition coefficient (Wildman–Crippen LogP) is 6.53. The second-order valence-corrected chi connectivity index (χ2v) is 9.06. The van der Waals surface area contributed by atoms with E-state index < -0.39 is 0 Å². The van der Waals surface area contributed by atoms with E-state index in [-0.39, 0.29) is 17.6 Å². The van der Waals surface area contributed by atoms with Crippen LogP contribution in [-0.4, -0.2) is 31.2 Å². The number of hydrogen-bond acceptors (Lipinski definition) is 2. The Hall–Kier alpha value is -2.06. The Bertz CT molecular complexity index is 813. The number of ether oxygens (including phenoxy) is 1. The largest absolute Gasteiger partial charge is 0.377 e. The van der Waals surface area contributed by atoms with Gasteiger partial charge in [0.05, 0.1) is 12.2 Å². The molecule has 0 fully saturated rings. The Balaban J connectivity index is 1.83. The standard InChI is InChI=1S/C27H37NO/c1-7-8-10-13-21-16-18-25-22(20(21)2)17-19-26(29-25)27(3,4)23-14-11-9-12-15-24(23)28(5)6/h7-9,12,14-19,22,25-26H,10-11,13H2,1-6H3/b8-7-. The molecule has 0 saturated carbocycles. The fourth-order valence-corrected chi connectivity index (χ4v) is 4.59. The summed E-state index contributed by atoms with van der Waals surface area (Å²) in [6.45, 7) is 8.99. The van der Waals surface area contributed by atoms with Crippen molar-refractivity contribution < 1.29 is 4.74 Å². The molecule has 3 rings (SSSR count). The summed E-state index contributed by atoms with van der Waals surface area (Å²) in [5.74, 6) is 0.362. The lowest BCUT2D eigenvalue weighted by atomic mass is 9.74. The third-order valence-electron chi connectivity index (χ3n) is 6.47. The lowest BCUT2D eigenvalue weighted by Crippen LogP contribution is -2.42. The molecule has 0 saturated heterocycles. The maximum absolute atomic E-state index is 6.69. The van der Waals surface area contributed by atoms with Crippen molar-refractivity contribution in [1.82, 2.24) is 4.90 Å². The molecule has 3 aliphatic rings. The maximum atomic E-state index is 6.69. The molecule has 3 unspecified atom stereocenters. The smallest absolute Gasteiger partial charge is 0.0867 e. The summed E-state index contributed by atoms with van der Waals surface area (Å²) >= 11 is 0. The number of fused-ring (bicyclic) bond motifs is 1. The zero-order valence-electron chi connectivity index (χ0n) is 19.0. The highest BCUT2D eigenvalue weighted by Gasteiger charge is 2.40. The van der Waals surface area contributed by atoms with Crippen LogP contribution in [0.5, 0.6) is 0 Å². The number of nitrogens with zero attached hydrogens (tertiary/aromatic N) is 1. The van der Waals surface area contributed by atoms with Crippen molar-refractivity contribution in [2.75, 3.05) is 14.1 Å². The van der Waals surface area contributed by atoms with E-state index in [0.717, 1.165) is 19.3 Å². The predicted molar refractivity (Wildman–Crippen MR) is 125 cm³/mol. The number of hydrogen-bond donors (Lipinski definition) is 0. The molecular weight excluding hydrogens is 354 g/mol. The molecule has 2 aliphatic carbocycles. The Morgan fingerprint density at radius 3 is 2.72 bits per heavy atom. The van der Waals surface area contributed by atoms with Crippen LogP contribution >= 0.6 is 0 Å². The molecule has 0 bridgehead atoms. The van der Waals surface area contributed by atoms with Crippen LogP contribution in [0.2, 0.25) is 0 Å². The minimum atomic E-state index is -0.110. The zero-order valence-corrected chi connectivity index (χ0v) is 19.0. The first kappa shape index (κ1) is 21.6. The summed E-state index contributed by atoms with van der Waals surface area (Å²) in [6.07, 6.45) is 26.0. The van der Waals surface area contributed by atoms with Gasteiger partial charge in [0.15, 0.2) is 0 Å². The average molecular weight is 392 g/mol. The molecule has 0 aromatic rings. The van der Waals surface area contributed by atoms with Gasteiger partial charge in [0.2, 0.25) is 0 Å². The SMILES string of the molecule is C/C=C\CCC1=C(C)C2C=CC(C(C)(C)C3=CCC=CC=C3N(C)C)OC2C=C1. The molecule has 0 spiro atoms. The number of allylic oxidation sites excluding steroid dienone is 9. The Morgan fingerprint density at radius 1 is 1.21 bits per heavy atom. The summed E-state index contributed by atoms with van der Waals surface area (Å²) in [4.78, 5) is 2.21. The summed E-state index contributed by atoms with van der Waals surface area (Å²) < 4.78 is 6.69. The van der Waals surface area contributed by atoms with Crippen molar-refractivity contribution >= 4 is 0 Å². The highest BCUT2D eigenvalue weighted by atomic mass is 16.5. The first-order valence-corrected chi connectivity index (χ1v) is 10.9. The van der Waals surface area contributed by atoms with E-state index in [1.54, 1.807) is 0 Å². The van der Waals surface area contributed by atoms with Gasteiger partial charge in [0.1, 0.15) is 0 Å². The topological polar surface area (TPSA) is 12.5 Å². The number of likely N-dealkylation sites (N-methyl/N-ethyl adjacent to an activating group) is 1. The Kier molecular flexibility index (Phi) is 6.85. The van der Waals surface area contributed by atoms with Gasteiger partial charge in [-0.3, -0.25) is 0 Å². The molecular formula is C27H37NO. The van der Waals surface area contributed by atoms with E-state index in [0.29, 0.717) is 5.92 Å². The van der Waals surface area contributed by atoms with Crippen LogP contribution in [0.4, 0.5) is 0 Å². The van der Waals surface area contributed by atoms with Crippen LogP contribution in [-0.2, 0) is 4.74 Å². The highest BCUT2D eigenvalue weighted by molar-refractivity contribution is 5.42. The molecule has 0 radical (unpaired) electrons. The third-order valence-corrected chi connectivity index (χ3v) is 6.47. The zero-order chi connectivity index (χ0) is 21.0. The quantitative estimate of drug-likeness (QED) is 0.477. The van der Waals surface area contributed by atoms with Gasteiger partial charge in [0, 0.05) is 31.1 Å². The van der Waals surface area contributed by atoms with Gasteiger partial charge in [-0.1, -0.05) is 74.1 Å². The molecule has 29 heavy (non-hydrogen) atoms. The molecule has 0 amide bonds. The van der Waals surface area contributed by atoms with Gasteiger partial charge in [0.25, 0.3) is 0 Å². The van der Waals surface area contributed by atoms with Gasteiger partial charge >= 0.3 is 0 Å². The van der Waals surface area contributed by atoms with Gasteiger partial charge in [-0.15, -0.1) is 0 Å². The van der Waals surface area contributed by atoms with Gasteiger partial charge in [-0.2, -0.15) is 0 Å². The first-order valence-electron chi connectivity index (χ1n) is 10.9. The van der Waals surface area contributed by atoms with E-state index >= 15 is 0 Å². The van der Waals surface area contributed by atoms with Gasteiger partial charge in [-0.05, 0) is 50.3 Å². The van der Waals surface area contributed by atoms with Crippen molar-refractivity contribution in [2.24, 2.45) is 11.3 Å². The van der Waals surface area contributed by atoms with E-state index in [1.807, 2.05) is 0 Å². The second kappa shape index (κ2) is 9.17. The summed E-state index contributed by atoms with van der Waals surface area (Å²) in [6, 6.07) is 0. The van der Waals surface area contributed by atoms with Crippen molar-refractivity contribution in [3.8, 4) is 0 Å². The molecule has 1 aliphatic heterocycles. The van der Waals surface area contributed by atoms with Crippen LogP contribution in [0.1, 0.15) is 47.0 Å². The van der Waals surface area contributed by atoms with E-state index in [2.05, 4.69) is 107 Å². The van der Waals surface area contributed by atoms with Gasteiger partial charge in [-0.25, -0.2) is 0 Å². The molecule has 1 heterocycles. The average Bonchev–Trinajstić information content (AvgIpc) is 2.96. The lowest BCUT2D eigenvalue weighted by Gasteiger charge is -2.43. The minimum absolute atomic E-state index is 0.0541. The van der Waals surface area contributed by atoms with Crippen LogP contribution < -0.4 is 0 Å². The molecule has 156 valence electrons. The fraction of sp³-hybridized carbons (Fsp3) is 0.481. The molecule has 2 nitrogen and oxygen atoms in total. The molecule has 0 N–H and O–H groups in total. The lowest BCUT2D eigenvalue weighted by molar-refractivity contribution is -0.0334. The van der Waals surface area contributed by atoms with Crippen LogP contribution in [0, 0.1) is 11.3 Å². The van der Waals surface area contributed by atoms with E-state index in [1.165, 1.54) is 22.4 Å². The van der Waals surface area contributed by atoms with Gasteiger partial charge < -0.3 is 9.64 Å². The fourth-order valence-electron chi connectivity index (χ4n) is 4.59. The number of rotatable bonds is 6. The van der Waals surface area contributed by atoms with Crippen LogP contribution in [0.15, 0.2) is 83.2 Å². The highest BCUT2D eigenvalue weighted by Crippen LogP contribution is 2.43. The monoisotopic (exact) mass is 391 g/mol. The van der Waals surface area contributed by atoms with Crippen LogP contribution in [0.25, 0.3) is 0 Å². The first-order chi connectivity index (χ1) is 13.9. The van der Waals surface area contributed by atoms with E-state index in [4.69, 9.17) is 4.74 Å². The second-order valence-electron chi connectivity index (χ2n) is 9.06.